The molecule has 5 heteroatoms. The van der Waals surface area contributed by atoms with Gasteiger partial charge in [-0.25, -0.2) is 0 Å². The van der Waals surface area contributed by atoms with Gasteiger partial charge in [0.1, 0.15) is 0 Å². The van der Waals surface area contributed by atoms with E-state index < -0.39 is 0 Å². The number of nitrogens with one attached hydrogen (secondary N) is 1. The minimum Gasteiger partial charge on any atom is -0.325 e. The van der Waals surface area contributed by atoms with Crippen molar-refractivity contribution in [2.75, 3.05) is 5.32 Å². The van der Waals surface area contributed by atoms with Gasteiger partial charge in [0.2, 0.25) is 5.91 Å². The SMILES string of the molecule is C[C@H](Sc1ccccc1)C(=O)Nc1ccc(Br)c(Cl)c1. The van der Waals surface area contributed by atoms with Crippen LogP contribution in [0.2, 0.25) is 5.02 Å². The fraction of sp³-hybridized carbons (Fsp3) is 0.133. The van der Waals surface area contributed by atoms with Crippen LogP contribution in [0.5, 0.6) is 0 Å². The standard InChI is InChI=1S/C15H13BrClNOS/c1-10(20-12-5-3-2-4-6-12)15(19)18-11-7-8-13(16)14(17)9-11/h2-10H,1H3,(H,18,19)/t10-/m0/s1. The smallest absolute Gasteiger partial charge is 0.237 e. The third-order valence-corrected chi connectivity index (χ3v) is 4.96. The largest absolute Gasteiger partial charge is 0.325 e. The molecule has 2 aromatic carbocycles. The molecule has 2 aromatic rings. The van der Waals surface area contributed by atoms with Gasteiger partial charge in [-0.2, -0.15) is 0 Å². The zero-order valence-electron chi connectivity index (χ0n) is 10.8. The molecule has 0 saturated carbocycles. The van der Waals surface area contributed by atoms with E-state index in [0.717, 1.165) is 9.37 Å². The Morgan fingerprint density at radius 3 is 2.60 bits per heavy atom. The summed E-state index contributed by atoms with van der Waals surface area (Å²) in [7, 11) is 0. The maximum atomic E-state index is 12.1. The molecule has 0 saturated heterocycles. The molecule has 1 amide bonds. The van der Waals surface area contributed by atoms with Crippen molar-refractivity contribution >= 4 is 50.9 Å². The number of anilines is 1. The second kappa shape index (κ2) is 7.16. The summed E-state index contributed by atoms with van der Waals surface area (Å²) in [4.78, 5) is 13.2. The molecule has 0 aliphatic carbocycles. The molecule has 0 bridgehead atoms. The molecule has 0 spiro atoms. The summed E-state index contributed by atoms with van der Waals surface area (Å²) in [6.07, 6.45) is 0. The van der Waals surface area contributed by atoms with E-state index in [1.165, 1.54) is 11.8 Å². The highest BCUT2D eigenvalue weighted by Gasteiger charge is 2.14. The molecule has 0 heterocycles. The molecule has 104 valence electrons. The Morgan fingerprint density at radius 1 is 1.25 bits per heavy atom. The molecule has 0 aliphatic heterocycles. The van der Waals surface area contributed by atoms with E-state index in [9.17, 15) is 4.79 Å². The number of rotatable bonds is 4. The van der Waals surface area contributed by atoms with Crippen LogP contribution < -0.4 is 5.32 Å². The first-order chi connectivity index (χ1) is 9.56. The van der Waals surface area contributed by atoms with Gasteiger partial charge in [0.15, 0.2) is 0 Å². The minimum atomic E-state index is -0.181. The number of amides is 1. The summed E-state index contributed by atoms with van der Waals surface area (Å²) < 4.78 is 0.809. The van der Waals surface area contributed by atoms with E-state index in [-0.39, 0.29) is 11.2 Å². The maximum absolute atomic E-state index is 12.1. The summed E-state index contributed by atoms with van der Waals surface area (Å²) in [5, 5.41) is 3.26. The number of benzene rings is 2. The Labute approximate surface area is 136 Å². The molecular weight excluding hydrogens is 358 g/mol. The highest BCUT2D eigenvalue weighted by Crippen LogP contribution is 2.27. The fourth-order valence-corrected chi connectivity index (χ4v) is 2.89. The van der Waals surface area contributed by atoms with E-state index in [1.54, 1.807) is 6.07 Å². The lowest BCUT2D eigenvalue weighted by atomic mass is 10.3. The quantitative estimate of drug-likeness (QED) is 0.747. The highest BCUT2D eigenvalue weighted by molar-refractivity contribution is 9.10. The first kappa shape index (κ1) is 15.4. The average Bonchev–Trinajstić information content (AvgIpc) is 2.44. The third kappa shape index (κ3) is 4.27. The summed E-state index contributed by atoms with van der Waals surface area (Å²) in [5.74, 6) is -0.0442. The predicted octanol–water partition coefficient (Wildman–Crippen LogP) is 5.22. The maximum Gasteiger partial charge on any atom is 0.237 e. The van der Waals surface area contributed by atoms with Crippen molar-refractivity contribution in [1.29, 1.82) is 0 Å². The van der Waals surface area contributed by atoms with Crippen LogP contribution in [-0.4, -0.2) is 11.2 Å². The van der Waals surface area contributed by atoms with E-state index in [0.29, 0.717) is 10.7 Å². The summed E-state index contributed by atoms with van der Waals surface area (Å²) in [6, 6.07) is 15.2. The molecule has 1 atom stereocenters. The molecule has 0 radical (unpaired) electrons. The molecule has 1 N–H and O–H groups in total. The molecule has 2 nitrogen and oxygen atoms in total. The van der Waals surface area contributed by atoms with Crippen molar-refractivity contribution in [1.82, 2.24) is 0 Å². The highest BCUT2D eigenvalue weighted by atomic mass is 79.9. The van der Waals surface area contributed by atoms with E-state index in [2.05, 4.69) is 21.2 Å². The summed E-state index contributed by atoms with van der Waals surface area (Å²) in [6.45, 7) is 1.88. The van der Waals surface area contributed by atoms with Gasteiger partial charge in [-0.3, -0.25) is 4.79 Å². The van der Waals surface area contributed by atoms with Crippen molar-refractivity contribution in [2.45, 2.75) is 17.1 Å². The predicted molar refractivity (Wildman–Crippen MR) is 89.5 cm³/mol. The van der Waals surface area contributed by atoms with E-state index >= 15 is 0 Å². The topological polar surface area (TPSA) is 29.1 Å². The lowest BCUT2D eigenvalue weighted by molar-refractivity contribution is -0.115. The van der Waals surface area contributed by atoms with Gasteiger partial charge in [0.25, 0.3) is 0 Å². The lowest BCUT2D eigenvalue weighted by Gasteiger charge is -2.12. The number of halogens is 2. The third-order valence-electron chi connectivity index (χ3n) is 2.61. The summed E-state index contributed by atoms with van der Waals surface area (Å²) in [5.41, 5.74) is 0.698. The molecular formula is C15H13BrClNOS. The molecule has 0 aromatic heterocycles. The molecule has 0 unspecified atom stereocenters. The van der Waals surface area contributed by atoms with Crippen molar-refractivity contribution < 1.29 is 4.79 Å². The van der Waals surface area contributed by atoms with E-state index in [4.69, 9.17) is 11.6 Å². The Hall–Kier alpha value is -0.970. The summed E-state index contributed by atoms with van der Waals surface area (Å²) >= 11 is 10.8. The van der Waals surface area contributed by atoms with Gasteiger partial charge in [-0.05, 0) is 53.2 Å². The first-order valence-corrected chi connectivity index (χ1v) is 8.09. The first-order valence-electron chi connectivity index (χ1n) is 6.04. The van der Waals surface area contributed by atoms with Gasteiger partial charge in [0, 0.05) is 15.1 Å². The van der Waals surface area contributed by atoms with Gasteiger partial charge in [0.05, 0.1) is 10.3 Å². The Balaban J connectivity index is 1.99. The number of thioether (sulfide) groups is 1. The van der Waals surface area contributed by atoms with Gasteiger partial charge < -0.3 is 5.32 Å². The van der Waals surface area contributed by atoms with Crippen LogP contribution in [0.1, 0.15) is 6.92 Å². The van der Waals surface area contributed by atoms with Crippen LogP contribution in [0.25, 0.3) is 0 Å². The van der Waals surface area contributed by atoms with Crippen LogP contribution in [0.3, 0.4) is 0 Å². The second-order valence-electron chi connectivity index (χ2n) is 4.19. The van der Waals surface area contributed by atoms with Crippen molar-refractivity contribution in [3.05, 3.63) is 58.0 Å². The van der Waals surface area contributed by atoms with Gasteiger partial charge in [-0.15, -0.1) is 11.8 Å². The number of carbonyl (C=O) groups is 1. The Bertz CT molecular complexity index is 606. The lowest BCUT2D eigenvalue weighted by Crippen LogP contribution is -2.22. The van der Waals surface area contributed by atoms with Crippen LogP contribution in [0.4, 0.5) is 5.69 Å². The van der Waals surface area contributed by atoms with Crippen LogP contribution >= 0.6 is 39.3 Å². The average molecular weight is 371 g/mol. The molecule has 0 aliphatic rings. The normalized spacial score (nSPS) is 11.9. The van der Waals surface area contributed by atoms with Crippen molar-refractivity contribution in [3.63, 3.8) is 0 Å². The number of hydrogen-bond donors (Lipinski definition) is 1. The second-order valence-corrected chi connectivity index (χ2v) is 6.87. The van der Waals surface area contributed by atoms with Crippen LogP contribution in [-0.2, 0) is 4.79 Å². The monoisotopic (exact) mass is 369 g/mol. The zero-order valence-corrected chi connectivity index (χ0v) is 13.9. The fourth-order valence-electron chi connectivity index (χ4n) is 1.57. The number of hydrogen-bond acceptors (Lipinski definition) is 2. The van der Waals surface area contributed by atoms with Crippen molar-refractivity contribution in [2.24, 2.45) is 0 Å². The van der Waals surface area contributed by atoms with E-state index in [1.807, 2.05) is 49.4 Å². The molecule has 0 fully saturated rings. The molecule has 20 heavy (non-hydrogen) atoms. The number of carbonyl (C=O) groups excluding carboxylic acids is 1. The van der Waals surface area contributed by atoms with Crippen molar-refractivity contribution in [3.8, 4) is 0 Å². The van der Waals surface area contributed by atoms with Crippen LogP contribution in [0, 0.1) is 0 Å². The van der Waals surface area contributed by atoms with Gasteiger partial charge >= 0.3 is 0 Å². The Morgan fingerprint density at radius 2 is 1.95 bits per heavy atom. The zero-order chi connectivity index (χ0) is 14.5. The van der Waals surface area contributed by atoms with Gasteiger partial charge in [-0.1, -0.05) is 29.8 Å². The molecule has 2 rings (SSSR count). The Kier molecular flexibility index (Phi) is 5.52. The van der Waals surface area contributed by atoms with Crippen LogP contribution in [0.15, 0.2) is 57.9 Å². The minimum absolute atomic E-state index is 0.0442.